The van der Waals surface area contributed by atoms with Gasteiger partial charge in [0, 0.05) is 36.0 Å². The van der Waals surface area contributed by atoms with Crippen LogP contribution in [0.3, 0.4) is 0 Å². The van der Waals surface area contributed by atoms with Gasteiger partial charge in [0.25, 0.3) is 0 Å². The van der Waals surface area contributed by atoms with Gasteiger partial charge in [-0.15, -0.1) is 0 Å². The largest absolute Gasteiger partial charge is 0.389 e. The van der Waals surface area contributed by atoms with Crippen LogP contribution in [0.5, 0.6) is 0 Å². The number of hydrogen-bond donors (Lipinski definition) is 2. The summed E-state index contributed by atoms with van der Waals surface area (Å²) in [6.07, 6.45) is 0.938. The molecule has 0 aliphatic heterocycles. The Labute approximate surface area is 127 Å². The molecule has 0 spiro atoms. The first-order valence-electron chi connectivity index (χ1n) is 6.05. The first-order chi connectivity index (χ1) is 9.15. The minimum Gasteiger partial charge on any atom is -0.389 e. The summed E-state index contributed by atoms with van der Waals surface area (Å²) in [5, 5.41) is 3.33. The van der Waals surface area contributed by atoms with E-state index in [1.807, 2.05) is 18.2 Å². The zero-order chi connectivity index (χ0) is 14.1. The van der Waals surface area contributed by atoms with E-state index in [2.05, 4.69) is 21.2 Å². The zero-order valence-electron chi connectivity index (χ0n) is 10.9. The van der Waals surface area contributed by atoms with Crippen molar-refractivity contribution < 1.29 is 9.47 Å². The topological polar surface area (TPSA) is 56.5 Å². The van der Waals surface area contributed by atoms with Crippen molar-refractivity contribution >= 4 is 38.8 Å². The molecule has 0 atom stereocenters. The van der Waals surface area contributed by atoms with Crippen LogP contribution in [-0.2, 0) is 9.47 Å². The molecule has 0 saturated carbocycles. The highest BCUT2D eigenvalue weighted by atomic mass is 79.9. The molecule has 0 saturated heterocycles. The quantitative estimate of drug-likeness (QED) is 0.531. The van der Waals surface area contributed by atoms with Gasteiger partial charge in [0.2, 0.25) is 0 Å². The standard InChI is InChI=1S/C13H19BrN2O2S/c1-17-7-8-18-6-2-5-16-12-4-3-10(13(15)19)9-11(12)14/h3-4,9,16H,2,5-8H2,1H3,(H2,15,19). The van der Waals surface area contributed by atoms with Gasteiger partial charge in [-0.05, 0) is 40.5 Å². The van der Waals surface area contributed by atoms with Gasteiger partial charge in [-0.2, -0.15) is 0 Å². The van der Waals surface area contributed by atoms with E-state index in [4.69, 9.17) is 27.4 Å². The van der Waals surface area contributed by atoms with Crippen molar-refractivity contribution in [1.29, 1.82) is 0 Å². The number of halogens is 1. The maximum atomic E-state index is 5.58. The summed E-state index contributed by atoms with van der Waals surface area (Å²) in [6.45, 7) is 2.85. The molecule has 0 heterocycles. The molecule has 0 amide bonds. The van der Waals surface area contributed by atoms with Gasteiger partial charge in [-0.3, -0.25) is 0 Å². The van der Waals surface area contributed by atoms with Crippen LogP contribution in [0.2, 0.25) is 0 Å². The van der Waals surface area contributed by atoms with Crippen LogP contribution in [0.1, 0.15) is 12.0 Å². The maximum Gasteiger partial charge on any atom is 0.104 e. The zero-order valence-corrected chi connectivity index (χ0v) is 13.4. The average molecular weight is 347 g/mol. The van der Waals surface area contributed by atoms with Crippen LogP contribution in [0, 0.1) is 0 Å². The third kappa shape index (κ3) is 6.33. The fourth-order valence-electron chi connectivity index (χ4n) is 1.45. The Kier molecular flexibility index (Phi) is 7.97. The summed E-state index contributed by atoms with van der Waals surface area (Å²) in [6, 6.07) is 5.79. The predicted molar refractivity (Wildman–Crippen MR) is 85.8 cm³/mol. The first kappa shape index (κ1) is 16.4. The second-order valence-corrected chi connectivity index (χ2v) is 5.24. The molecule has 1 aromatic carbocycles. The van der Waals surface area contributed by atoms with E-state index in [1.54, 1.807) is 7.11 Å². The number of methoxy groups -OCH3 is 1. The van der Waals surface area contributed by atoms with Gasteiger partial charge in [0.05, 0.1) is 13.2 Å². The summed E-state index contributed by atoms with van der Waals surface area (Å²) < 4.78 is 11.2. The first-order valence-corrected chi connectivity index (χ1v) is 7.25. The molecule has 106 valence electrons. The molecule has 0 unspecified atom stereocenters. The average Bonchev–Trinajstić information content (AvgIpc) is 2.39. The molecule has 0 radical (unpaired) electrons. The fraction of sp³-hybridized carbons (Fsp3) is 0.462. The van der Waals surface area contributed by atoms with Crippen molar-refractivity contribution in [3.8, 4) is 0 Å². The molecule has 6 heteroatoms. The molecule has 0 aliphatic rings. The van der Waals surface area contributed by atoms with Crippen molar-refractivity contribution in [3.05, 3.63) is 28.2 Å². The Bertz CT molecular complexity index is 416. The number of ether oxygens (including phenoxy) is 2. The predicted octanol–water partition coefficient (Wildman–Crippen LogP) is 2.55. The Morgan fingerprint density at radius 1 is 1.37 bits per heavy atom. The number of thiocarbonyl (C=S) groups is 1. The van der Waals surface area contributed by atoms with Crippen LogP contribution in [0.15, 0.2) is 22.7 Å². The van der Waals surface area contributed by atoms with E-state index in [0.717, 1.165) is 35.3 Å². The van der Waals surface area contributed by atoms with Gasteiger partial charge in [-0.25, -0.2) is 0 Å². The lowest BCUT2D eigenvalue weighted by atomic mass is 10.2. The van der Waals surface area contributed by atoms with Gasteiger partial charge in [0.1, 0.15) is 4.99 Å². The second-order valence-electron chi connectivity index (χ2n) is 3.94. The number of hydrogen-bond acceptors (Lipinski definition) is 4. The fourth-order valence-corrected chi connectivity index (χ4v) is 2.10. The maximum absolute atomic E-state index is 5.58. The Morgan fingerprint density at radius 2 is 2.16 bits per heavy atom. The number of anilines is 1. The molecule has 0 fully saturated rings. The molecule has 3 N–H and O–H groups in total. The van der Waals surface area contributed by atoms with Crippen LogP contribution in [-0.4, -0.2) is 38.5 Å². The van der Waals surface area contributed by atoms with Crippen molar-refractivity contribution in [2.75, 3.05) is 38.8 Å². The summed E-state index contributed by atoms with van der Waals surface area (Å²) in [5.41, 5.74) is 7.46. The molecule has 0 aliphatic carbocycles. The van der Waals surface area contributed by atoms with Crippen LogP contribution in [0.25, 0.3) is 0 Å². The molecular formula is C13H19BrN2O2S. The molecule has 4 nitrogen and oxygen atoms in total. The van der Waals surface area contributed by atoms with Crippen LogP contribution in [0.4, 0.5) is 5.69 Å². The summed E-state index contributed by atoms with van der Waals surface area (Å²) in [4.78, 5) is 0.402. The normalized spacial score (nSPS) is 10.4. The minimum atomic E-state index is 0.402. The number of rotatable bonds is 9. The van der Waals surface area contributed by atoms with E-state index in [1.165, 1.54) is 0 Å². The molecule has 1 aromatic rings. The molecule has 1 rings (SSSR count). The SMILES string of the molecule is COCCOCCCNc1ccc(C(N)=S)cc1Br. The van der Waals surface area contributed by atoms with E-state index in [-0.39, 0.29) is 0 Å². The lowest BCUT2D eigenvalue weighted by Gasteiger charge is -2.10. The molecule has 19 heavy (non-hydrogen) atoms. The molecular weight excluding hydrogens is 328 g/mol. The monoisotopic (exact) mass is 346 g/mol. The minimum absolute atomic E-state index is 0.402. The number of nitrogens with two attached hydrogens (primary N) is 1. The van der Waals surface area contributed by atoms with Gasteiger partial charge in [-0.1, -0.05) is 12.2 Å². The number of benzene rings is 1. The van der Waals surface area contributed by atoms with E-state index in [0.29, 0.717) is 18.2 Å². The second kappa shape index (κ2) is 9.25. The van der Waals surface area contributed by atoms with E-state index >= 15 is 0 Å². The smallest absolute Gasteiger partial charge is 0.104 e. The van der Waals surface area contributed by atoms with Crippen molar-refractivity contribution in [3.63, 3.8) is 0 Å². The summed E-state index contributed by atoms with van der Waals surface area (Å²) in [5.74, 6) is 0. The van der Waals surface area contributed by atoms with E-state index < -0.39 is 0 Å². The Balaban J connectivity index is 2.28. The van der Waals surface area contributed by atoms with Gasteiger partial charge >= 0.3 is 0 Å². The summed E-state index contributed by atoms with van der Waals surface area (Å²) in [7, 11) is 1.67. The van der Waals surface area contributed by atoms with Crippen LogP contribution >= 0.6 is 28.1 Å². The highest BCUT2D eigenvalue weighted by Gasteiger charge is 2.02. The highest BCUT2D eigenvalue weighted by Crippen LogP contribution is 2.23. The van der Waals surface area contributed by atoms with Gasteiger partial charge < -0.3 is 20.5 Å². The summed E-state index contributed by atoms with van der Waals surface area (Å²) >= 11 is 8.42. The lowest BCUT2D eigenvalue weighted by molar-refractivity contribution is 0.0705. The number of nitrogens with one attached hydrogen (secondary N) is 1. The Hall–Kier alpha value is -0.690. The Morgan fingerprint density at radius 3 is 2.79 bits per heavy atom. The van der Waals surface area contributed by atoms with Gasteiger partial charge in [0.15, 0.2) is 0 Å². The van der Waals surface area contributed by atoms with Crippen LogP contribution < -0.4 is 11.1 Å². The van der Waals surface area contributed by atoms with Crippen molar-refractivity contribution in [2.45, 2.75) is 6.42 Å². The van der Waals surface area contributed by atoms with E-state index in [9.17, 15) is 0 Å². The third-order valence-electron chi connectivity index (χ3n) is 2.47. The highest BCUT2D eigenvalue weighted by molar-refractivity contribution is 9.10. The lowest BCUT2D eigenvalue weighted by Crippen LogP contribution is -2.11. The third-order valence-corrected chi connectivity index (χ3v) is 3.36. The van der Waals surface area contributed by atoms with Crippen molar-refractivity contribution in [2.24, 2.45) is 5.73 Å². The molecule has 0 aromatic heterocycles. The van der Waals surface area contributed by atoms with Crippen molar-refractivity contribution in [1.82, 2.24) is 0 Å². The molecule has 0 bridgehead atoms.